The van der Waals surface area contributed by atoms with Crippen LogP contribution in [-0.4, -0.2) is 29.5 Å². The van der Waals surface area contributed by atoms with Crippen LogP contribution in [0.15, 0.2) is 15.5 Å². The van der Waals surface area contributed by atoms with Gasteiger partial charge in [0.05, 0.1) is 25.0 Å². The standard InChI is InChI=1S/C15H24BrN3O2/c1-10-6-11(2)8-12(7-10)18-13-9-17-19(4-5-21-3)15(20)14(13)16/h9-12,18H,4-8H2,1-3H3. The fourth-order valence-corrected chi connectivity index (χ4v) is 3.61. The smallest absolute Gasteiger partial charge is 0.283 e. The van der Waals surface area contributed by atoms with E-state index in [-0.39, 0.29) is 5.56 Å². The predicted molar refractivity (Wildman–Crippen MR) is 87.7 cm³/mol. The zero-order valence-corrected chi connectivity index (χ0v) is 14.5. The second-order valence-corrected chi connectivity index (χ2v) is 6.95. The molecule has 0 aliphatic heterocycles. The fraction of sp³-hybridized carbons (Fsp3) is 0.733. The summed E-state index contributed by atoms with van der Waals surface area (Å²) in [4.78, 5) is 12.2. The third-order valence-electron chi connectivity index (χ3n) is 4.03. The summed E-state index contributed by atoms with van der Waals surface area (Å²) in [7, 11) is 1.61. The van der Waals surface area contributed by atoms with Gasteiger partial charge in [0, 0.05) is 13.2 Å². The van der Waals surface area contributed by atoms with E-state index in [0.29, 0.717) is 23.7 Å². The SMILES string of the molecule is COCCn1ncc(NC2CC(C)CC(C)C2)c(Br)c1=O. The Labute approximate surface area is 134 Å². The number of ether oxygens (including phenoxy) is 1. The molecule has 118 valence electrons. The summed E-state index contributed by atoms with van der Waals surface area (Å²) >= 11 is 3.40. The monoisotopic (exact) mass is 357 g/mol. The molecule has 0 radical (unpaired) electrons. The third-order valence-corrected chi connectivity index (χ3v) is 4.80. The molecule has 1 aromatic heterocycles. The Bertz CT molecular complexity index is 522. The highest BCUT2D eigenvalue weighted by Gasteiger charge is 2.24. The summed E-state index contributed by atoms with van der Waals surface area (Å²) in [6.07, 6.45) is 5.30. The van der Waals surface area contributed by atoms with Crippen LogP contribution < -0.4 is 10.9 Å². The van der Waals surface area contributed by atoms with E-state index in [1.807, 2.05) is 0 Å². The van der Waals surface area contributed by atoms with Crippen molar-refractivity contribution in [1.29, 1.82) is 0 Å². The van der Waals surface area contributed by atoms with Crippen LogP contribution in [-0.2, 0) is 11.3 Å². The predicted octanol–water partition coefficient (Wildman–Crippen LogP) is 2.89. The molecule has 0 saturated heterocycles. The summed E-state index contributed by atoms with van der Waals surface area (Å²) < 4.78 is 6.96. The lowest BCUT2D eigenvalue weighted by molar-refractivity contribution is 0.181. The van der Waals surface area contributed by atoms with Crippen molar-refractivity contribution in [3.05, 3.63) is 21.0 Å². The molecule has 0 bridgehead atoms. The van der Waals surface area contributed by atoms with E-state index in [4.69, 9.17) is 4.74 Å². The summed E-state index contributed by atoms with van der Waals surface area (Å²) in [5.74, 6) is 1.44. The summed E-state index contributed by atoms with van der Waals surface area (Å²) in [5.41, 5.74) is 0.675. The van der Waals surface area contributed by atoms with Crippen molar-refractivity contribution in [1.82, 2.24) is 9.78 Å². The van der Waals surface area contributed by atoms with Gasteiger partial charge in [0.15, 0.2) is 0 Å². The van der Waals surface area contributed by atoms with Crippen LogP contribution in [0, 0.1) is 11.8 Å². The van der Waals surface area contributed by atoms with Gasteiger partial charge in [-0.25, -0.2) is 4.68 Å². The van der Waals surface area contributed by atoms with Gasteiger partial charge in [-0.15, -0.1) is 0 Å². The van der Waals surface area contributed by atoms with Crippen molar-refractivity contribution < 1.29 is 4.74 Å². The van der Waals surface area contributed by atoms with Gasteiger partial charge in [0.1, 0.15) is 4.47 Å². The average molecular weight is 358 g/mol. The lowest BCUT2D eigenvalue weighted by atomic mass is 9.80. The van der Waals surface area contributed by atoms with Crippen LogP contribution in [0.4, 0.5) is 5.69 Å². The van der Waals surface area contributed by atoms with Crippen molar-refractivity contribution in [2.45, 2.75) is 45.7 Å². The number of hydrogen-bond donors (Lipinski definition) is 1. The van der Waals surface area contributed by atoms with Gasteiger partial charge in [-0.3, -0.25) is 4.79 Å². The van der Waals surface area contributed by atoms with Crippen LogP contribution in [0.2, 0.25) is 0 Å². The molecule has 1 N–H and O–H groups in total. The van der Waals surface area contributed by atoms with Crippen LogP contribution in [0.25, 0.3) is 0 Å². The first-order valence-electron chi connectivity index (χ1n) is 7.52. The van der Waals surface area contributed by atoms with Crippen LogP contribution in [0.1, 0.15) is 33.1 Å². The van der Waals surface area contributed by atoms with E-state index >= 15 is 0 Å². The first-order chi connectivity index (χ1) is 10.0. The first-order valence-corrected chi connectivity index (χ1v) is 8.31. The highest BCUT2D eigenvalue weighted by molar-refractivity contribution is 9.10. The molecular formula is C15H24BrN3O2. The van der Waals surface area contributed by atoms with Crippen molar-refractivity contribution in [2.24, 2.45) is 11.8 Å². The fourth-order valence-electron chi connectivity index (χ4n) is 3.19. The first kappa shape index (κ1) is 16.5. The number of hydrogen-bond acceptors (Lipinski definition) is 4. The quantitative estimate of drug-likeness (QED) is 0.880. The topological polar surface area (TPSA) is 56.1 Å². The molecule has 0 amide bonds. The molecule has 0 spiro atoms. The summed E-state index contributed by atoms with van der Waals surface area (Å²) in [5, 5.41) is 7.69. The number of halogens is 1. The lowest BCUT2D eigenvalue weighted by Gasteiger charge is -2.32. The highest BCUT2D eigenvalue weighted by atomic mass is 79.9. The minimum Gasteiger partial charge on any atom is -0.383 e. The molecule has 2 unspecified atom stereocenters. The van der Waals surface area contributed by atoms with E-state index < -0.39 is 0 Å². The van der Waals surface area contributed by atoms with Crippen molar-refractivity contribution in [3.8, 4) is 0 Å². The minimum atomic E-state index is -0.117. The van der Waals surface area contributed by atoms with Crippen molar-refractivity contribution in [3.63, 3.8) is 0 Å². The molecule has 1 fully saturated rings. The van der Waals surface area contributed by atoms with E-state index in [9.17, 15) is 4.79 Å². The number of anilines is 1. The van der Waals surface area contributed by atoms with E-state index in [0.717, 1.165) is 30.4 Å². The molecule has 21 heavy (non-hydrogen) atoms. The van der Waals surface area contributed by atoms with Gasteiger partial charge in [-0.2, -0.15) is 5.10 Å². The number of methoxy groups -OCH3 is 1. The number of rotatable bonds is 5. The molecule has 6 heteroatoms. The molecule has 1 saturated carbocycles. The molecule has 2 atom stereocenters. The Balaban J connectivity index is 2.10. The molecule has 2 rings (SSSR count). The molecule has 1 aliphatic rings. The largest absolute Gasteiger partial charge is 0.383 e. The minimum absolute atomic E-state index is 0.117. The summed E-state index contributed by atoms with van der Waals surface area (Å²) in [6.45, 7) is 5.52. The van der Waals surface area contributed by atoms with Crippen LogP contribution in [0.5, 0.6) is 0 Å². The maximum Gasteiger partial charge on any atom is 0.283 e. The highest BCUT2D eigenvalue weighted by Crippen LogP contribution is 2.31. The Hall–Kier alpha value is -0.880. The second kappa shape index (κ2) is 7.40. The number of nitrogens with one attached hydrogen (secondary N) is 1. The maximum atomic E-state index is 12.2. The van der Waals surface area contributed by atoms with Gasteiger partial charge in [0.25, 0.3) is 5.56 Å². The number of nitrogens with zero attached hydrogens (tertiary/aromatic N) is 2. The second-order valence-electron chi connectivity index (χ2n) is 6.15. The molecule has 1 aromatic rings. The zero-order chi connectivity index (χ0) is 15.4. The van der Waals surface area contributed by atoms with Gasteiger partial charge in [-0.1, -0.05) is 13.8 Å². The van der Waals surface area contributed by atoms with Gasteiger partial charge >= 0.3 is 0 Å². The molecule has 5 nitrogen and oxygen atoms in total. The molecule has 0 aromatic carbocycles. The molecule has 1 heterocycles. The maximum absolute atomic E-state index is 12.2. The average Bonchev–Trinajstić information content (AvgIpc) is 2.42. The Morgan fingerprint density at radius 3 is 2.67 bits per heavy atom. The van der Waals surface area contributed by atoms with Crippen LogP contribution >= 0.6 is 15.9 Å². The Morgan fingerprint density at radius 2 is 2.05 bits per heavy atom. The van der Waals surface area contributed by atoms with Gasteiger partial charge < -0.3 is 10.1 Å². The van der Waals surface area contributed by atoms with Crippen molar-refractivity contribution >= 4 is 21.6 Å². The van der Waals surface area contributed by atoms with Gasteiger partial charge in [-0.05, 0) is 47.0 Å². The zero-order valence-electron chi connectivity index (χ0n) is 12.9. The normalized spacial score (nSPS) is 25.8. The Morgan fingerprint density at radius 1 is 1.38 bits per heavy atom. The third kappa shape index (κ3) is 4.30. The van der Waals surface area contributed by atoms with Gasteiger partial charge in [0.2, 0.25) is 0 Å². The Kier molecular flexibility index (Phi) is 5.81. The van der Waals surface area contributed by atoms with E-state index in [2.05, 4.69) is 40.2 Å². The summed E-state index contributed by atoms with van der Waals surface area (Å²) in [6, 6.07) is 0.413. The lowest BCUT2D eigenvalue weighted by Crippen LogP contribution is -2.32. The molecular weight excluding hydrogens is 334 g/mol. The van der Waals surface area contributed by atoms with Crippen LogP contribution in [0.3, 0.4) is 0 Å². The van der Waals surface area contributed by atoms with E-state index in [1.54, 1.807) is 13.3 Å². The number of aromatic nitrogens is 2. The van der Waals surface area contributed by atoms with E-state index in [1.165, 1.54) is 11.1 Å². The molecule has 1 aliphatic carbocycles. The van der Waals surface area contributed by atoms with Crippen molar-refractivity contribution in [2.75, 3.05) is 19.0 Å².